The monoisotopic (exact) mass is 390 g/mol. The molecule has 12 N–H and O–H groups in total. The van der Waals surface area contributed by atoms with Gasteiger partial charge in [-0.15, -0.1) is 0 Å². The summed E-state index contributed by atoms with van der Waals surface area (Å²) in [5.74, 6) is 0.125. The van der Waals surface area contributed by atoms with E-state index in [2.05, 4.69) is 29.9 Å². The molecule has 0 bridgehead atoms. The van der Waals surface area contributed by atoms with E-state index in [0.29, 0.717) is 0 Å². The van der Waals surface area contributed by atoms with Crippen molar-refractivity contribution in [2.75, 3.05) is 43.4 Å². The fourth-order valence-corrected chi connectivity index (χ4v) is 2.28. The van der Waals surface area contributed by atoms with Gasteiger partial charge in [0, 0.05) is 26.2 Å². The van der Waals surface area contributed by atoms with Crippen molar-refractivity contribution in [3.8, 4) is 0 Å². The van der Waals surface area contributed by atoms with Gasteiger partial charge in [-0.1, -0.05) is 0 Å². The van der Waals surface area contributed by atoms with Crippen molar-refractivity contribution < 1.29 is 33.0 Å². The van der Waals surface area contributed by atoms with Gasteiger partial charge in [-0.2, -0.15) is 19.3 Å². The number of hydrogen-bond acceptors (Lipinski definition) is 11. The van der Waals surface area contributed by atoms with Crippen LogP contribution in [0.15, 0.2) is 0 Å². The van der Waals surface area contributed by atoms with Crippen LogP contribution < -0.4 is 27.8 Å². The third kappa shape index (κ3) is 15.5. The van der Waals surface area contributed by atoms with E-state index in [4.69, 9.17) is 36.8 Å². The first-order valence-electron chi connectivity index (χ1n) is 6.15. The van der Waals surface area contributed by atoms with Crippen LogP contribution in [0.1, 0.15) is 0 Å². The van der Waals surface area contributed by atoms with Gasteiger partial charge in [-0.05, 0) is 0 Å². The predicted molar refractivity (Wildman–Crippen MR) is 84.0 cm³/mol. The summed E-state index contributed by atoms with van der Waals surface area (Å²) in [6, 6.07) is 0. The van der Waals surface area contributed by atoms with Gasteiger partial charge in [0.2, 0.25) is 17.8 Å². The number of nitrogens with one attached hydrogen (secondary N) is 2. The Kier molecular flexibility index (Phi) is 9.84. The maximum Gasteiger partial charge on any atom is 0.478 e. The Balaban J connectivity index is 0.000000337. The van der Waals surface area contributed by atoms with Gasteiger partial charge in [0.05, 0.1) is 0 Å². The molecule has 15 nitrogen and oxygen atoms in total. The Morgan fingerprint density at radius 2 is 1.00 bits per heavy atom. The van der Waals surface area contributed by atoms with Crippen molar-refractivity contribution in [3.05, 3.63) is 0 Å². The highest BCUT2D eigenvalue weighted by atomic mass is 31.3. The maximum atomic E-state index is 9.63. The van der Waals surface area contributed by atoms with Crippen LogP contribution >= 0.6 is 15.6 Å². The van der Waals surface area contributed by atoms with Crippen molar-refractivity contribution in [1.82, 2.24) is 25.6 Å². The average molecular weight is 390 g/mol. The van der Waals surface area contributed by atoms with E-state index in [9.17, 15) is 9.13 Å². The highest BCUT2D eigenvalue weighted by molar-refractivity contribution is 7.60. The largest absolute Gasteiger partial charge is 0.478 e. The van der Waals surface area contributed by atoms with Crippen LogP contribution in [0.5, 0.6) is 0 Å². The summed E-state index contributed by atoms with van der Waals surface area (Å²) in [6.07, 6.45) is 0. The lowest BCUT2D eigenvalue weighted by Crippen LogP contribution is -2.39. The molecule has 17 heteroatoms. The molecule has 0 saturated carbocycles. The second kappa shape index (κ2) is 10.5. The molecule has 1 fully saturated rings. The topological polar surface area (TPSA) is 265 Å². The summed E-state index contributed by atoms with van der Waals surface area (Å²) in [5.41, 5.74) is 15.4. The van der Waals surface area contributed by atoms with Crippen LogP contribution in [0.2, 0.25) is 0 Å². The van der Waals surface area contributed by atoms with Gasteiger partial charge in [-0.3, -0.25) is 0 Å². The Bertz CT molecular complexity index is 506. The second-order valence-corrected chi connectivity index (χ2v) is 6.59. The minimum Gasteiger partial charge on any atom is -0.368 e. The number of aromatic nitrogens is 3. The first-order valence-corrected chi connectivity index (χ1v) is 9.21. The van der Waals surface area contributed by atoms with E-state index < -0.39 is 15.6 Å². The number of nitrogens with zero attached hydrogens (tertiary/aromatic N) is 3. The molecule has 0 unspecified atom stereocenters. The minimum atomic E-state index is -5.05. The minimum absolute atomic E-state index is 0.0417. The van der Waals surface area contributed by atoms with E-state index >= 15 is 0 Å². The van der Waals surface area contributed by atoms with E-state index in [1.807, 2.05) is 0 Å². The molecule has 2 rings (SSSR count). The molecular weight excluding hydrogens is 370 g/mol. The molecule has 0 atom stereocenters. The van der Waals surface area contributed by atoms with Gasteiger partial charge in [-0.25, -0.2) is 9.13 Å². The molecule has 1 aliphatic rings. The number of nitrogens with two attached hydrogens (primary N) is 3. The van der Waals surface area contributed by atoms with E-state index in [1.165, 1.54) is 0 Å². The number of piperazine rings is 1. The Labute approximate surface area is 136 Å². The third-order valence-electron chi connectivity index (χ3n) is 1.86. The molecule has 2 heterocycles. The zero-order chi connectivity index (χ0) is 18.8. The number of phosphoric acid groups is 2. The van der Waals surface area contributed by atoms with E-state index in [1.54, 1.807) is 0 Å². The predicted octanol–water partition coefficient (Wildman–Crippen LogP) is -3.01. The number of nitrogen functional groups attached to an aromatic ring is 3. The summed E-state index contributed by atoms with van der Waals surface area (Å²) in [5, 5.41) is 6.44. The average Bonchev–Trinajstić information content (AvgIpc) is 2.36. The normalized spacial score (nSPS) is 14.7. The smallest absolute Gasteiger partial charge is 0.368 e. The Morgan fingerprint density at radius 1 is 0.750 bits per heavy atom. The van der Waals surface area contributed by atoms with Crippen molar-refractivity contribution in [2.45, 2.75) is 0 Å². The fraction of sp³-hybridized carbons (Fsp3) is 0.571. The Hall–Kier alpha value is -1.41. The molecule has 1 aliphatic heterocycles. The lowest BCUT2D eigenvalue weighted by Gasteiger charge is -2.11. The number of hydrogen-bond donors (Lipinski definition) is 9. The fourth-order valence-electron chi connectivity index (χ4n) is 1.17. The SMILES string of the molecule is C1CNCCN1.Nc1nc(N)nc(N)n1.O=P(O)(O)OP(=O)(O)O. The van der Waals surface area contributed by atoms with Crippen molar-refractivity contribution in [2.24, 2.45) is 0 Å². The molecule has 0 aromatic carbocycles. The molecule has 0 radical (unpaired) electrons. The summed E-state index contributed by atoms with van der Waals surface area (Å²) in [4.78, 5) is 41.5. The summed E-state index contributed by atoms with van der Waals surface area (Å²) >= 11 is 0. The van der Waals surface area contributed by atoms with Crippen LogP contribution in [0, 0.1) is 0 Å². The van der Waals surface area contributed by atoms with Gasteiger partial charge in [0.1, 0.15) is 0 Å². The molecule has 0 spiro atoms. The molecule has 1 aromatic heterocycles. The maximum absolute atomic E-state index is 9.63. The highest BCUT2D eigenvalue weighted by Gasteiger charge is 2.27. The highest BCUT2D eigenvalue weighted by Crippen LogP contribution is 2.53. The summed E-state index contributed by atoms with van der Waals surface area (Å²) in [6.45, 7) is 4.56. The number of rotatable bonds is 2. The summed E-state index contributed by atoms with van der Waals surface area (Å²) in [7, 11) is -10.1. The van der Waals surface area contributed by atoms with Gasteiger partial charge in [0.25, 0.3) is 0 Å². The zero-order valence-corrected chi connectivity index (χ0v) is 14.1. The van der Waals surface area contributed by atoms with Gasteiger partial charge >= 0.3 is 15.6 Å². The molecular formula is C7H20N8O7P2. The van der Waals surface area contributed by atoms with Crippen molar-refractivity contribution >= 4 is 33.5 Å². The quantitative estimate of drug-likeness (QED) is 0.227. The molecule has 24 heavy (non-hydrogen) atoms. The molecule has 1 saturated heterocycles. The van der Waals surface area contributed by atoms with Crippen LogP contribution in [-0.4, -0.2) is 60.7 Å². The van der Waals surface area contributed by atoms with Gasteiger partial charge < -0.3 is 47.4 Å². The lowest BCUT2D eigenvalue weighted by molar-refractivity contribution is 0.225. The lowest BCUT2D eigenvalue weighted by atomic mass is 10.4. The van der Waals surface area contributed by atoms with E-state index in [0.717, 1.165) is 26.2 Å². The Morgan fingerprint density at radius 3 is 1.12 bits per heavy atom. The third-order valence-corrected chi connectivity index (χ3v) is 3.56. The van der Waals surface area contributed by atoms with E-state index in [-0.39, 0.29) is 17.8 Å². The number of anilines is 3. The molecule has 0 aliphatic carbocycles. The standard InChI is InChI=1S/C4H10N2.C3H6N6.H4O7P2/c1-2-6-4-3-5-1;4-1-7-2(5)9-3(6)8-1;1-8(2,3)7-9(4,5)6/h5-6H,1-4H2;(H6,4,5,6,7,8,9);(H2,1,2,3)(H2,4,5,6). The zero-order valence-electron chi connectivity index (χ0n) is 12.3. The second-order valence-electron chi connectivity index (χ2n) is 3.97. The van der Waals surface area contributed by atoms with Crippen LogP contribution in [0.3, 0.4) is 0 Å². The summed E-state index contributed by atoms with van der Waals surface area (Å²) < 4.78 is 22.2. The first-order chi connectivity index (χ1) is 10.9. The van der Waals surface area contributed by atoms with Crippen LogP contribution in [-0.2, 0) is 13.4 Å². The molecule has 140 valence electrons. The molecule has 1 aromatic rings. The van der Waals surface area contributed by atoms with Crippen molar-refractivity contribution in [1.29, 1.82) is 0 Å². The molecule has 0 amide bonds. The van der Waals surface area contributed by atoms with Crippen LogP contribution in [0.4, 0.5) is 17.8 Å². The first kappa shape index (κ1) is 22.6. The van der Waals surface area contributed by atoms with Crippen molar-refractivity contribution in [3.63, 3.8) is 0 Å². The van der Waals surface area contributed by atoms with Crippen LogP contribution in [0.25, 0.3) is 0 Å². The van der Waals surface area contributed by atoms with Gasteiger partial charge in [0.15, 0.2) is 0 Å².